The van der Waals surface area contributed by atoms with Gasteiger partial charge in [0.25, 0.3) is 0 Å². The first-order valence-corrected chi connectivity index (χ1v) is 7.42. The molecule has 26 heavy (non-hydrogen) atoms. The molecule has 12 nitrogen and oxygen atoms in total. The van der Waals surface area contributed by atoms with Crippen molar-refractivity contribution in [2.75, 3.05) is 19.7 Å². The van der Waals surface area contributed by atoms with Crippen molar-refractivity contribution in [3.8, 4) is 0 Å². The predicted octanol–water partition coefficient (Wildman–Crippen LogP) is -1.22. The fourth-order valence-corrected chi connectivity index (χ4v) is 3.47. The summed E-state index contributed by atoms with van der Waals surface area (Å²) in [6, 6.07) is 0. The number of hydrogen-bond acceptors (Lipinski definition) is 7. The normalized spacial score (nSPS) is 18.8. The van der Waals surface area contributed by atoms with E-state index in [0.29, 0.717) is 0 Å². The van der Waals surface area contributed by atoms with E-state index in [-0.39, 0.29) is 13.2 Å². The van der Waals surface area contributed by atoms with E-state index in [9.17, 15) is 44.4 Å². The van der Waals surface area contributed by atoms with Crippen molar-refractivity contribution in [2.45, 2.75) is 36.8 Å². The SMILES string of the molecule is O=C(O)CN1CCOC(CC(=O)O)(CC(=O)O)C1(CC(=O)O)CC(=O)O. The van der Waals surface area contributed by atoms with Crippen LogP contribution in [0.2, 0.25) is 0 Å². The molecular weight excluding hydrogens is 358 g/mol. The van der Waals surface area contributed by atoms with Gasteiger partial charge in [-0.25, -0.2) is 0 Å². The van der Waals surface area contributed by atoms with Gasteiger partial charge in [-0.2, -0.15) is 0 Å². The minimum absolute atomic E-state index is 0.201. The number of carboxylic acids is 5. The van der Waals surface area contributed by atoms with Crippen LogP contribution < -0.4 is 0 Å². The second-order valence-electron chi connectivity index (χ2n) is 5.97. The van der Waals surface area contributed by atoms with Gasteiger partial charge in [0, 0.05) is 6.54 Å². The zero-order chi connectivity index (χ0) is 20.1. The molecule has 0 aliphatic carbocycles. The van der Waals surface area contributed by atoms with E-state index < -0.39 is 73.2 Å². The molecule has 0 bridgehead atoms. The maximum atomic E-state index is 11.4. The Bertz CT molecular complexity index is 582. The molecule has 0 aromatic carbocycles. The lowest BCUT2D eigenvalue weighted by Gasteiger charge is -2.56. The molecule has 146 valence electrons. The largest absolute Gasteiger partial charge is 0.481 e. The lowest BCUT2D eigenvalue weighted by molar-refractivity contribution is -0.222. The van der Waals surface area contributed by atoms with Crippen LogP contribution >= 0.6 is 0 Å². The summed E-state index contributed by atoms with van der Waals surface area (Å²) in [5.74, 6) is -7.58. The number of rotatable bonds is 10. The van der Waals surface area contributed by atoms with Crippen LogP contribution in [-0.4, -0.2) is 91.1 Å². The van der Waals surface area contributed by atoms with E-state index in [4.69, 9.17) is 9.84 Å². The van der Waals surface area contributed by atoms with Crippen molar-refractivity contribution in [3.63, 3.8) is 0 Å². The number of ether oxygens (including phenoxy) is 1. The highest BCUT2D eigenvalue weighted by atomic mass is 16.5. The van der Waals surface area contributed by atoms with Gasteiger partial charge < -0.3 is 30.3 Å². The van der Waals surface area contributed by atoms with Gasteiger partial charge in [0.2, 0.25) is 0 Å². The molecule has 0 unspecified atom stereocenters. The molecular formula is C14H19NO11. The van der Waals surface area contributed by atoms with Crippen molar-refractivity contribution >= 4 is 29.8 Å². The van der Waals surface area contributed by atoms with Gasteiger partial charge in [0.15, 0.2) is 0 Å². The third-order valence-electron chi connectivity index (χ3n) is 4.28. The van der Waals surface area contributed by atoms with Crippen LogP contribution in [0.1, 0.15) is 25.7 Å². The Labute approximate surface area is 146 Å². The number of hydrogen-bond donors (Lipinski definition) is 5. The molecule has 1 heterocycles. The molecule has 1 aliphatic rings. The molecule has 1 rings (SSSR count). The van der Waals surface area contributed by atoms with Crippen molar-refractivity contribution in [3.05, 3.63) is 0 Å². The molecule has 0 radical (unpaired) electrons. The van der Waals surface area contributed by atoms with Gasteiger partial charge in [-0.1, -0.05) is 0 Å². The van der Waals surface area contributed by atoms with E-state index in [1.54, 1.807) is 0 Å². The first-order chi connectivity index (χ1) is 11.9. The lowest BCUT2D eigenvalue weighted by Crippen LogP contribution is -2.72. The van der Waals surface area contributed by atoms with Crippen molar-refractivity contribution in [1.29, 1.82) is 0 Å². The molecule has 0 aromatic heterocycles. The molecule has 5 N–H and O–H groups in total. The monoisotopic (exact) mass is 377 g/mol. The van der Waals surface area contributed by atoms with Crippen LogP contribution in [0.5, 0.6) is 0 Å². The molecule has 0 aromatic rings. The molecule has 0 saturated carbocycles. The maximum Gasteiger partial charge on any atom is 0.317 e. The molecule has 0 amide bonds. The van der Waals surface area contributed by atoms with Crippen LogP contribution in [-0.2, 0) is 28.7 Å². The van der Waals surface area contributed by atoms with Crippen LogP contribution in [0.3, 0.4) is 0 Å². The zero-order valence-corrected chi connectivity index (χ0v) is 13.6. The van der Waals surface area contributed by atoms with Gasteiger partial charge in [-0.05, 0) is 0 Å². The van der Waals surface area contributed by atoms with Crippen LogP contribution in [0, 0.1) is 0 Å². The highest BCUT2D eigenvalue weighted by molar-refractivity contribution is 5.79. The van der Waals surface area contributed by atoms with E-state index in [2.05, 4.69) is 0 Å². The molecule has 0 atom stereocenters. The fraction of sp³-hybridized carbons (Fsp3) is 0.643. The van der Waals surface area contributed by atoms with Crippen molar-refractivity contribution in [2.24, 2.45) is 0 Å². The Morgan fingerprint density at radius 3 is 1.50 bits per heavy atom. The second kappa shape index (κ2) is 8.10. The van der Waals surface area contributed by atoms with Gasteiger partial charge in [-0.3, -0.25) is 28.9 Å². The lowest BCUT2D eigenvalue weighted by atomic mass is 9.68. The average molecular weight is 377 g/mol. The quantitative estimate of drug-likeness (QED) is 0.304. The maximum absolute atomic E-state index is 11.4. The first kappa shape index (κ1) is 21.3. The minimum atomic E-state index is -2.24. The van der Waals surface area contributed by atoms with E-state index >= 15 is 0 Å². The molecule has 1 fully saturated rings. The third kappa shape index (κ3) is 4.67. The summed E-state index contributed by atoms with van der Waals surface area (Å²) < 4.78 is 5.39. The fourth-order valence-electron chi connectivity index (χ4n) is 3.47. The summed E-state index contributed by atoms with van der Waals surface area (Å²) in [6.45, 7) is -1.28. The van der Waals surface area contributed by atoms with Crippen LogP contribution in [0.25, 0.3) is 0 Å². The Kier molecular flexibility index (Phi) is 6.64. The van der Waals surface area contributed by atoms with Gasteiger partial charge in [-0.15, -0.1) is 0 Å². The van der Waals surface area contributed by atoms with Gasteiger partial charge >= 0.3 is 29.8 Å². The number of aliphatic carboxylic acids is 5. The third-order valence-corrected chi connectivity index (χ3v) is 4.28. The average Bonchev–Trinajstić information content (AvgIpc) is 2.40. The molecule has 1 aliphatic heterocycles. The van der Waals surface area contributed by atoms with Gasteiger partial charge in [0.05, 0.1) is 44.4 Å². The summed E-state index contributed by atoms with van der Waals surface area (Å²) in [7, 11) is 0. The highest BCUT2D eigenvalue weighted by Crippen LogP contribution is 2.45. The summed E-state index contributed by atoms with van der Waals surface area (Å²) in [5, 5.41) is 46.1. The van der Waals surface area contributed by atoms with Crippen molar-refractivity contribution < 1.29 is 54.2 Å². The number of carbonyl (C=O) groups is 5. The van der Waals surface area contributed by atoms with Gasteiger partial charge in [0.1, 0.15) is 5.60 Å². The topological polar surface area (TPSA) is 199 Å². The smallest absolute Gasteiger partial charge is 0.317 e. The Hall–Kier alpha value is -2.73. The van der Waals surface area contributed by atoms with E-state index in [1.807, 2.05) is 0 Å². The first-order valence-electron chi connectivity index (χ1n) is 7.42. The Morgan fingerprint density at radius 1 is 0.731 bits per heavy atom. The summed E-state index contributed by atoms with van der Waals surface area (Å²) in [4.78, 5) is 57.7. The number of carboxylic acid groups (broad SMARTS) is 5. The molecule has 0 spiro atoms. The summed E-state index contributed by atoms with van der Waals surface area (Å²) >= 11 is 0. The standard InChI is InChI=1S/C14H19NO11/c16-8(17)3-13(4-9(18)19)14(5-10(20)21,6-11(22)23)26-2-1-15(13)7-12(24)25/h1-7H2,(H,16,17)(H,18,19)(H,20,21)(H,22,23)(H,24,25). The molecule has 1 saturated heterocycles. The van der Waals surface area contributed by atoms with E-state index in [1.165, 1.54) is 0 Å². The second-order valence-corrected chi connectivity index (χ2v) is 5.97. The Balaban J connectivity index is 3.67. The van der Waals surface area contributed by atoms with Crippen LogP contribution in [0.4, 0.5) is 0 Å². The van der Waals surface area contributed by atoms with E-state index in [0.717, 1.165) is 4.90 Å². The Morgan fingerprint density at radius 2 is 1.15 bits per heavy atom. The summed E-state index contributed by atoms with van der Waals surface area (Å²) in [5.41, 5.74) is -4.42. The number of nitrogens with zero attached hydrogens (tertiary/aromatic N) is 1. The minimum Gasteiger partial charge on any atom is -0.481 e. The number of morpholine rings is 1. The highest BCUT2D eigenvalue weighted by Gasteiger charge is 2.62. The molecule has 12 heteroatoms. The predicted molar refractivity (Wildman–Crippen MR) is 79.6 cm³/mol. The summed E-state index contributed by atoms with van der Waals surface area (Å²) in [6.07, 6.45) is -4.02. The van der Waals surface area contributed by atoms with Crippen LogP contribution in [0.15, 0.2) is 0 Å². The van der Waals surface area contributed by atoms with Crippen molar-refractivity contribution in [1.82, 2.24) is 4.90 Å². The zero-order valence-electron chi connectivity index (χ0n) is 13.6.